The maximum atomic E-state index is 13.2. The molecule has 0 saturated carbocycles. The molecule has 0 spiro atoms. The van der Waals surface area contributed by atoms with Crippen LogP contribution in [-0.2, 0) is 13.2 Å². The van der Waals surface area contributed by atoms with Gasteiger partial charge in [-0.2, -0.15) is 0 Å². The van der Waals surface area contributed by atoms with Crippen molar-refractivity contribution in [2.75, 3.05) is 11.9 Å². The number of aromatic carboxylic acids is 1. The molecule has 0 amide bonds. The van der Waals surface area contributed by atoms with Gasteiger partial charge in [0.1, 0.15) is 12.4 Å². The molecule has 0 bridgehead atoms. The molecule has 0 fully saturated rings. The molecule has 30 heavy (non-hydrogen) atoms. The van der Waals surface area contributed by atoms with E-state index in [0.29, 0.717) is 35.2 Å². The van der Waals surface area contributed by atoms with Crippen LogP contribution < -0.4 is 14.8 Å². The molecule has 0 heterocycles. The Labute approximate surface area is 179 Å². The lowest BCUT2D eigenvalue weighted by atomic mass is 10.1. The summed E-state index contributed by atoms with van der Waals surface area (Å²) in [4.78, 5) is 10.9. The fourth-order valence-corrected chi connectivity index (χ4v) is 3.00. The lowest BCUT2D eigenvalue weighted by Gasteiger charge is -2.15. The number of hydrogen-bond acceptors (Lipinski definition) is 4. The Morgan fingerprint density at radius 3 is 2.47 bits per heavy atom. The molecule has 0 unspecified atom stereocenters. The minimum absolute atomic E-state index is 0.187. The van der Waals surface area contributed by atoms with E-state index in [1.165, 1.54) is 12.1 Å². The number of rotatable bonds is 9. The summed E-state index contributed by atoms with van der Waals surface area (Å²) in [6.07, 6.45) is 0. The van der Waals surface area contributed by atoms with Crippen LogP contribution in [0.5, 0.6) is 11.5 Å². The Bertz CT molecular complexity index is 1020. The van der Waals surface area contributed by atoms with Crippen molar-refractivity contribution in [3.63, 3.8) is 0 Å². The Morgan fingerprint density at radius 1 is 1.03 bits per heavy atom. The van der Waals surface area contributed by atoms with Crippen LogP contribution in [0.25, 0.3) is 0 Å². The summed E-state index contributed by atoms with van der Waals surface area (Å²) in [5.41, 5.74) is 2.69. The van der Waals surface area contributed by atoms with Crippen LogP contribution in [0.3, 0.4) is 0 Å². The highest BCUT2D eigenvalue weighted by Gasteiger charge is 2.09. The zero-order valence-electron chi connectivity index (χ0n) is 16.3. The summed E-state index contributed by atoms with van der Waals surface area (Å²) in [5, 5.41) is 12.5. The van der Waals surface area contributed by atoms with Crippen molar-refractivity contribution in [3.8, 4) is 11.5 Å². The van der Waals surface area contributed by atoms with E-state index in [1.54, 1.807) is 30.3 Å². The molecular weight excluding hydrogens is 409 g/mol. The highest BCUT2D eigenvalue weighted by atomic mass is 35.5. The third kappa shape index (κ3) is 5.64. The van der Waals surface area contributed by atoms with Gasteiger partial charge in [-0.25, -0.2) is 9.18 Å². The van der Waals surface area contributed by atoms with Crippen molar-refractivity contribution in [3.05, 3.63) is 88.2 Å². The van der Waals surface area contributed by atoms with Gasteiger partial charge >= 0.3 is 5.97 Å². The first-order valence-electron chi connectivity index (χ1n) is 9.36. The maximum absolute atomic E-state index is 13.2. The van der Waals surface area contributed by atoms with Crippen LogP contribution in [0.2, 0.25) is 5.02 Å². The molecule has 3 rings (SSSR count). The lowest BCUT2D eigenvalue weighted by Crippen LogP contribution is -2.04. The van der Waals surface area contributed by atoms with Crippen LogP contribution in [0.1, 0.15) is 28.4 Å². The van der Waals surface area contributed by atoms with E-state index in [4.69, 9.17) is 26.2 Å². The van der Waals surface area contributed by atoms with Crippen molar-refractivity contribution in [2.45, 2.75) is 20.1 Å². The molecule has 2 N–H and O–H groups in total. The minimum atomic E-state index is -0.958. The van der Waals surface area contributed by atoms with Gasteiger partial charge in [-0.3, -0.25) is 0 Å². The number of carboxylic acid groups (broad SMARTS) is 1. The number of carboxylic acids is 1. The molecule has 5 nitrogen and oxygen atoms in total. The van der Waals surface area contributed by atoms with Crippen LogP contribution in [-0.4, -0.2) is 17.7 Å². The van der Waals surface area contributed by atoms with Crippen molar-refractivity contribution in [2.24, 2.45) is 0 Å². The van der Waals surface area contributed by atoms with Crippen molar-refractivity contribution in [1.29, 1.82) is 0 Å². The van der Waals surface area contributed by atoms with Gasteiger partial charge in [-0.05, 0) is 61.0 Å². The molecule has 0 aliphatic heterocycles. The van der Waals surface area contributed by atoms with Gasteiger partial charge in [-0.15, -0.1) is 0 Å². The highest BCUT2D eigenvalue weighted by molar-refractivity contribution is 6.31. The van der Waals surface area contributed by atoms with E-state index in [0.717, 1.165) is 11.3 Å². The number of carbonyl (C=O) groups is 1. The second-order valence-corrected chi connectivity index (χ2v) is 6.88. The Morgan fingerprint density at radius 2 is 1.80 bits per heavy atom. The van der Waals surface area contributed by atoms with Crippen molar-refractivity contribution in [1.82, 2.24) is 0 Å². The van der Waals surface area contributed by atoms with E-state index in [1.807, 2.05) is 25.1 Å². The normalized spacial score (nSPS) is 10.5. The SMILES string of the molecule is CCOc1cc(CNc2ccc(C(=O)O)cc2)ccc1OCc1ccc(F)cc1Cl. The first-order valence-corrected chi connectivity index (χ1v) is 9.73. The summed E-state index contributed by atoms with van der Waals surface area (Å²) in [7, 11) is 0. The summed E-state index contributed by atoms with van der Waals surface area (Å²) in [6.45, 7) is 3.07. The number of ether oxygens (including phenoxy) is 2. The number of hydrogen-bond donors (Lipinski definition) is 2. The average molecular weight is 430 g/mol. The summed E-state index contributed by atoms with van der Waals surface area (Å²) in [6, 6.07) is 16.3. The third-order valence-corrected chi connectivity index (χ3v) is 4.69. The quantitative estimate of drug-likeness (QED) is 0.452. The molecule has 0 aliphatic carbocycles. The third-order valence-electron chi connectivity index (χ3n) is 4.33. The Kier molecular flexibility index (Phi) is 7.14. The van der Waals surface area contributed by atoms with Gasteiger partial charge in [0, 0.05) is 17.8 Å². The molecule has 7 heteroatoms. The number of benzene rings is 3. The first-order chi connectivity index (χ1) is 14.5. The van der Waals surface area contributed by atoms with Crippen LogP contribution in [0.15, 0.2) is 60.7 Å². The molecule has 0 aliphatic rings. The molecule has 156 valence electrons. The minimum Gasteiger partial charge on any atom is -0.490 e. The maximum Gasteiger partial charge on any atom is 0.335 e. The molecule has 0 saturated heterocycles. The predicted molar refractivity (Wildman–Crippen MR) is 114 cm³/mol. The van der Waals surface area contributed by atoms with Gasteiger partial charge < -0.3 is 19.9 Å². The largest absolute Gasteiger partial charge is 0.490 e. The van der Waals surface area contributed by atoms with Crippen LogP contribution >= 0.6 is 11.6 Å². The topological polar surface area (TPSA) is 67.8 Å². The van der Waals surface area contributed by atoms with Gasteiger partial charge in [-0.1, -0.05) is 23.7 Å². The lowest BCUT2D eigenvalue weighted by molar-refractivity contribution is 0.0697. The van der Waals surface area contributed by atoms with E-state index in [2.05, 4.69) is 5.32 Å². The van der Waals surface area contributed by atoms with E-state index in [9.17, 15) is 9.18 Å². The number of halogens is 2. The predicted octanol–water partition coefficient (Wildman–Crippen LogP) is 5.77. The monoisotopic (exact) mass is 429 g/mol. The molecule has 3 aromatic carbocycles. The smallest absolute Gasteiger partial charge is 0.335 e. The van der Waals surface area contributed by atoms with E-state index in [-0.39, 0.29) is 12.2 Å². The Hall–Kier alpha value is -3.25. The fraction of sp³-hybridized carbons (Fsp3) is 0.174. The Balaban J connectivity index is 1.67. The summed E-state index contributed by atoms with van der Waals surface area (Å²) in [5.74, 6) is -0.198. The number of anilines is 1. The van der Waals surface area contributed by atoms with Gasteiger partial charge in [0.2, 0.25) is 0 Å². The molecule has 0 atom stereocenters. The molecular formula is C23H21ClFNO4. The summed E-state index contributed by atoms with van der Waals surface area (Å²) >= 11 is 6.06. The van der Waals surface area contributed by atoms with Gasteiger partial charge in [0.25, 0.3) is 0 Å². The van der Waals surface area contributed by atoms with Gasteiger partial charge in [0.15, 0.2) is 11.5 Å². The van der Waals surface area contributed by atoms with E-state index < -0.39 is 11.8 Å². The highest BCUT2D eigenvalue weighted by Crippen LogP contribution is 2.30. The molecule has 3 aromatic rings. The van der Waals surface area contributed by atoms with Crippen molar-refractivity contribution >= 4 is 23.3 Å². The van der Waals surface area contributed by atoms with Crippen LogP contribution in [0.4, 0.5) is 10.1 Å². The van der Waals surface area contributed by atoms with Crippen LogP contribution in [0, 0.1) is 5.82 Å². The summed E-state index contributed by atoms with van der Waals surface area (Å²) < 4.78 is 24.7. The van der Waals surface area contributed by atoms with Gasteiger partial charge in [0.05, 0.1) is 17.2 Å². The first kappa shape index (κ1) is 21.5. The average Bonchev–Trinajstić information content (AvgIpc) is 2.73. The molecule has 0 radical (unpaired) electrons. The fourth-order valence-electron chi connectivity index (χ4n) is 2.78. The van der Waals surface area contributed by atoms with Crippen molar-refractivity contribution < 1.29 is 23.8 Å². The number of nitrogens with one attached hydrogen (secondary N) is 1. The zero-order chi connectivity index (χ0) is 21.5. The van der Waals surface area contributed by atoms with E-state index >= 15 is 0 Å². The second kappa shape index (κ2) is 9.98. The second-order valence-electron chi connectivity index (χ2n) is 6.47. The zero-order valence-corrected chi connectivity index (χ0v) is 17.1. The molecule has 0 aromatic heterocycles. The standard InChI is InChI=1S/C23H21ClFNO4/c1-2-29-22-11-15(13-26-19-8-5-16(6-9-19)23(27)28)3-10-21(22)30-14-17-4-7-18(25)12-20(17)24/h3-12,26H,2,13-14H2,1H3,(H,27,28).